The molecule has 27 heavy (non-hydrogen) atoms. The molecule has 7 heteroatoms. The van der Waals surface area contributed by atoms with E-state index in [9.17, 15) is 18.3 Å². The van der Waals surface area contributed by atoms with E-state index in [1.807, 2.05) is 54.6 Å². The number of halogens is 3. The smallest absolute Gasteiger partial charge is 0.387 e. The molecule has 0 amide bonds. The van der Waals surface area contributed by atoms with Gasteiger partial charge < -0.3 is 9.63 Å². The number of benzene rings is 2. The van der Waals surface area contributed by atoms with Crippen molar-refractivity contribution in [2.45, 2.75) is 19.2 Å². The van der Waals surface area contributed by atoms with Crippen LogP contribution in [-0.4, -0.2) is 27.9 Å². The third kappa shape index (κ3) is 4.93. The van der Waals surface area contributed by atoms with Gasteiger partial charge in [-0.05, 0) is 18.1 Å². The van der Waals surface area contributed by atoms with Crippen LogP contribution in [0.25, 0.3) is 22.5 Å². The van der Waals surface area contributed by atoms with Gasteiger partial charge >= 0.3 is 6.18 Å². The molecule has 0 spiro atoms. The third-order valence-electron chi connectivity index (χ3n) is 4.04. The van der Waals surface area contributed by atoms with Gasteiger partial charge in [-0.15, -0.1) is 11.8 Å². The number of aliphatic hydroxyl groups excluding tert-OH is 1. The van der Waals surface area contributed by atoms with Gasteiger partial charge in [0.25, 0.3) is 0 Å². The molecule has 0 bridgehead atoms. The number of thioether (sulfide) groups is 1. The SMILES string of the molecule is Cc1noc(-c2ccc(-c3ccccc3)cc2)c1C(O)CSCC(F)(F)F. The highest BCUT2D eigenvalue weighted by Gasteiger charge is 2.28. The zero-order valence-electron chi connectivity index (χ0n) is 14.5. The number of nitrogens with zero attached hydrogens (tertiary/aromatic N) is 1. The highest BCUT2D eigenvalue weighted by atomic mass is 32.2. The van der Waals surface area contributed by atoms with Crippen LogP contribution in [0.5, 0.6) is 0 Å². The van der Waals surface area contributed by atoms with Crippen LogP contribution in [0.15, 0.2) is 59.1 Å². The Morgan fingerprint density at radius 2 is 1.59 bits per heavy atom. The first kappa shape index (κ1) is 19.5. The van der Waals surface area contributed by atoms with Crippen molar-refractivity contribution in [1.82, 2.24) is 5.16 Å². The topological polar surface area (TPSA) is 46.3 Å². The summed E-state index contributed by atoms with van der Waals surface area (Å²) in [7, 11) is 0. The molecular weight excluding hydrogens is 375 g/mol. The lowest BCUT2D eigenvalue weighted by Gasteiger charge is -2.12. The zero-order chi connectivity index (χ0) is 19.4. The second-order valence-corrected chi connectivity index (χ2v) is 7.13. The summed E-state index contributed by atoms with van der Waals surface area (Å²) in [6.07, 6.45) is -5.35. The first-order valence-corrected chi connectivity index (χ1v) is 9.45. The van der Waals surface area contributed by atoms with Gasteiger partial charge in [0, 0.05) is 11.3 Å². The molecule has 0 aliphatic carbocycles. The monoisotopic (exact) mass is 393 g/mol. The third-order valence-corrected chi connectivity index (χ3v) is 5.12. The predicted molar refractivity (Wildman–Crippen MR) is 100 cm³/mol. The van der Waals surface area contributed by atoms with Gasteiger partial charge in [0.15, 0.2) is 5.76 Å². The van der Waals surface area contributed by atoms with E-state index in [0.29, 0.717) is 34.3 Å². The Morgan fingerprint density at radius 3 is 2.22 bits per heavy atom. The lowest BCUT2D eigenvalue weighted by atomic mass is 10.00. The van der Waals surface area contributed by atoms with Gasteiger partial charge in [0.2, 0.25) is 0 Å². The normalized spacial score (nSPS) is 12.9. The minimum Gasteiger partial charge on any atom is -0.387 e. The molecule has 1 atom stereocenters. The lowest BCUT2D eigenvalue weighted by molar-refractivity contribution is -0.105. The van der Waals surface area contributed by atoms with Crippen molar-refractivity contribution >= 4 is 11.8 Å². The molecule has 0 saturated heterocycles. The van der Waals surface area contributed by atoms with E-state index in [1.54, 1.807) is 6.92 Å². The van der Waals surface area contributed by atoms with Gasteiger partial charge in [-0.3, -0.25) is 0 Å². The van der Waals surface area contributed by atoms with Crippen molar-refractivity contribution in [1.29, 1.82) is 0 Å². The van der Waals surface area contributed by atoms with Gasteiger partial charge in [0.05, 0.1) is 23.1 Å². The quantitative estimate of drug-likeness (QED) is 0.588. The van der Waals surface area contributed by atoms with E-state index >= 15 is 0 Å². The molecule has 1 N–H and O–H groups in total. The molecule has 3 aromatic rings. The first-order chi connectivity index (χ1) is 12.8. The average molecular weight is 393 g/mol. The van der Waals surface area contributed by atoms with E-state index in [1.165, 1.54) is 0 Å². The number of aryl methyl sites for hydroxylation is 1. The van der Waals surface area contributed by atoms with Crippen LogP contribution in [0.1, 0.15) is 17.4 Å². The highest BCUT2D eigenvalue weighted by Crippen LogP contribution is 2.34. The Hall–Kier alpha value is -2.25. The summed E-state index contributed by atoms with van der Waals surface area (Å²) in [5, 5.41) is 14.3. The molecule has 2 aromatic carbocycles. The molecule has 1 unspecified atom stereocenters. The van der Waals surface area contributed by atoms with Gasteiger partial charge in [-0.2, -0.15) is 13.2 Å². The van der Waals surface area contributed by atoms with Crippen molar-refractivity contribution in [2.24, 2.45) is 0 Å². The Morgan fingerprint density at radius 1 is 1.00 bits per heavy atom. The van der Waals surface area contributed by atoms with Crippen molar-refractivity contribution in [2.75, 3.05) is 11.5 Å². The molecule has 0 radical (unpaired) electrons. The van der Waals surface area contributed by atoms with Crippen LogP contribution >= 0.6 is 11.8 Å². The molecule has 3 nitrogen and oxygen atoms in total. The molecule has 0 saturated carbocycles. The maximum absolute atomic E-state index is 12.3. The van der Waals surface area contributed by atoms with Crippen LogP contribution in [0.4, 0.5) is 13.2 Å². The molecule has 3 rings (SSSR count). The van der Waals surface area contributed by atoms with Gasteiger partial charge in [-0.25, -0.2) is 0 Å². The number of alkyl halides is 3. The minimum absolute atomic E-state index is 0.0866. The largest absolute Gasteiger partial charge is 0.397 e. The standard InChI is InChI=1S/C20H18F3NO2S/c1-13-18(17(25)11-27-12-20(21,22)23)19(26-24-13)16-9-7-15(8-10-16)14-5-3-2-4-6-14/h2-10,17,25H,11-12H2,1H3. The highest BCUT2D eigenvalue weighted by molar-refractivity contribution is 7.99. The van der Waals surface area contributed by atoms with Crippen LogP contribution in [0.3, 0.4) is 0 Å². The summed E-state index contributed by atoms with van der Waals surface area (Å²) in [6.45, 7) is 1.66. The molecule has 142 valence electrons. The average Bonchev–Trinajstić information content (AvgIpc) is 3.03. The number of aliphatic hydroxyl groups is 1. The second kappa shape index (κ2) is 8.19. The summed E-state index contributed by atoms with van der Waals surface area (Å²) in [6, 6.07) is 17.4. The fraction of sp³-hybridized carbons (Fsp3) is 0.250. The van der Waals surface area contributed by atoms with Crippen molar-refractivity contribution < 1.29 is 22.8 Å². The van der Waals surface area contributed by atoms with Gasteiger partial charge in [-0.1, -0.05) is 59.8 Å². The summed E-state index contributed by atoms with van der Waals surface area (Å²) in [5.41, 5.74) is 3.71. The van der Waals surface area contributed by atoms with Crippen LogP contribution in [0.2, 0.25) is 0 Å². The number of hydrogen-bond acceptors (Lipinski definition) is 4. The Bertz CT molecular complexity index is 876. The summed E-state index contributed by atoms with van der Waals surface area (Å²) in [4.78, 5) is 0. The lowest BCUT2D eigenvalue weighted by Crippen LogP contribution is -2.13. The molecule has 0 aliphatic rings. The Balaban J connectivity index is 1.79. The van der Waals surface area contributed by atoms with E-state index < -0.39 is 18.0 Å². The van der Waals surface area contributed by atoms with Crippen molar-refractivity contribution in [3.8, 4) is 22.5 Å². The maximum Gasteiger partial charge on any atom is 0.397 e. The molecule has 0 fully saturated rings. The van der Waals surface area contributed by atoms with Crippen LogP contribution in [-0.2, 0) is 0 Å². The first-order valence-electron chi connectivity index (χ1n) is 8.30. The van der Waals surface area contributed by atoms with E-state index in [0.717, 1.165) is 11.1 Å². The fourth-order valence-corrected chi connectivity index (χ4v) is 3.53. The van der Waals surface area contributed by atoms with E-state index in [-0.39, 0.29) is 5.75 Å². The number of rotatable bonds is 6. The summed E-state index contributed by atoms with van der Waals surface area (Å²) < 4.78 is 42.3. The minimum atomic E-state index is -4.26. The number of aromatic nitrogens is 1. The molecule has 0 aliphatic heterocycles. The van der Waals surface area contributed by atoms with Gasteiger partial charge in [0.1, 0.15) is 0 Å². The van der Waals surface area contributed by atoms with Crippen molar-refractivity contribution in [3.05, 3.63) is 65.9 Å². The van der Waals surface area contributed by atoms with E-state index in [4.69, 9.17) is 4.52 Å². The predicted octanol–water partition coefficient (Wildman–Crippen LogP) is 5.65. The molecule has 1 aromatic heterocycles. The summed E-state index contributed by atoms with van der Waals surface area (Å²) >= 11 is 0.634. The van der Waals surface area contributed by atoms with Crippen molar-refractivity contribution in [3.63, 3.8) is 0 Å². The van der Waals surface area contributed by atoms with Crippen LogP contribution in [0, 0.1) is 6.92 Å². The molecular formula is C20H18F3NO2S. The fourth-order valence-electron chi connectivity index (χ4n) is 2.79. The maximum atomic E-state index is 12.3. The summed E-state index contributed by atoms with van der Waals surface area (Å²) in [5.74, 6) is -0.709. The number of hydrogen-bond donors (Lipinski definition) is 1. The van der Waals surface area contributed by atoms with E-state index in [2.05, 4.69) is 5.16 Å². The zero-order valence-corrected chi connectivity index (χ0v) is 15.3. The second-order valence-electron chi connectivity index (χ2n) is 6.10. The molecule has 1 heterocycles. The van der Waals surface area contributed by atoms with Crippen LogP contribution < -0.4 is 0 Å². The Labute approximate surface area is 159 Å². The Kier molecular flexibility index (Phi) is 5.92.